The Morgan fingerprint density at radius 2 is 1.05 bits per heavy atom. The fourth-order valence-corrected chi connectivity index (χ4v) is 5.58. The first-order chi connectivity index (χ1) is 19.2. The summed E-state index contributed by atoms with van der Waals surface area (Å²) in [7, 11) is 0. The molecule has 1 saturated carbocycles. The number of esters is 1. The third-order valence-electron chi connectivity index (χ3n) is 8.10. The molecule has 2 aromatic rings. The zero-order valence-electron chi connectivity index (χ0n) is 24.6. The second-order valence-corrected chi connectivity index (χ2v) is 11.4. The number of ether oxygens (including phenoxy) is 3. The maximum Gasteiger partial charge on any atom is 0.343 e. The number of unbranched alkanes of at least 4 members (excludes halogenated alkanes) is 7. The summed E-state index contributed by atoms with van der Waals surface area (Å²) in [5, 5.41) is 0. The molecular weight excluding hydrogens is 484 g/mol. The average Bonchev–Trinajstić information content (AvgIpc) is 2.97. The molecule has 4 nitrogen and oxygen atoms in total. The lowest BCUT2D eigenvalue weighted by Crippen LogP contribution is -2.15. The summed E-state index contributed by atoms with van der Waals surface area (Å²) in [6, 6.07) is 14.5. The lowest BCUT2D eigenvalue weighted by Gasteiger charge is -2.28. The molecule has 0 aromatic heterocycles. The number of hydrogen-bond donors (Lipinski definition) is 0. The first kappa shape index (κ1) is 31.0. The highest BCUT2D eigenvalue weighted by atomic mass is 16.5. The van der Waals surface area contributed by atoms with Gasteiger partial charge in [-0.05, 0) is 79.6 Å². The molecule has 0 N–H and O–H groups in total. The van der Waals surface area contributed by atoms with E-state index in [1.807, 2.05) is 24.3 Å². The van der Waals surface area contributed by atoms with E-state index < -0.39 is 0 Å². The number of carbonyl (C=O) groups excluding carboxylic acids is 1. The van der Waals surface area contributed by atoms with Crippen molar-refractivity contribution in [3.05, 3.63) is 54.1 Å². The van der Waals surface area contributed by atoms with Gasteiger partial charge in [-0.15, -0.1) is 0 Å². The molecule has 0 radical (unpaired) electrons. The fourth-order valence-electron chi connectivity index (χ4n) is 5.58. The molecule has 3 rings (SSSR count). The molecule has 216 valence electrons. The monoisotopic (exact) mass is 536 g/mol. The fraction of sp³-hybridized carbons (Fsp3) is 0.629. The molecule has 2 aromatic carbocycles. The summed E-state index contributed by atoms with van der Waals surface area (Å²) in [5.41, 5.74) is 0.511. The molecule has 0 amide bonds. The van der Waals surface area contributed by atoms with Crippen molar-refractivity contribution in [1.29, 1.82) is 0 Å². The molecule has 1 aliphatic carbocycles. The van der Waals surface area contributed by atoms with E-state index in [4.69, 9.17) is 14.2 Å². The number of benzene rings is 2. The minimum absolute atomic E-state index is 0.369. The second kappa shape index (κ2) is 18.7. The zero-order chi connectivity index (χ0) is 27.5. The van der Waals surface area contributed by atoms with Crippen LogP contribution in [0.5, 0.6) is 17.2 Å². The van der Waals surface area contributed by atoms with Gasteiger partial charge >= 0.3 is 5.97 Å². The smallest absolute Gasteiger partial charge is 0.343 e. The van der Waals surface area contributed by atoms with Crippen LogP contribution in [-0.4, -0.2) is 19.2 Å². The van der Waals surface area contributed by atoms with E-state index in [9.17, 15) is 4.79 Å². The molecule has 0 saturated heterocycles. The lowest BCUT2D eigenvalue weighted by molar-refractivity contribution is 0.0734. The first-order valence-electron chi connectivity index (χ1n) is 15.9. The zero-order valence-corrected chi connectivity index (χ0v) is 24.6. The quantitative estimate of drug-likeness (QED) is 0.102. The normalized spacial score (nSPS) is 17.1. The standard InChI is InChI=1S/C35H52O4/c1-3-5-7-8-9-11-27-37-32-21-19-31(20-22-32)35(36)39-34-25-23-33(24-26-34)38-28-12-14-30-17-15-29(16-18-30)13-10-6-4-2/h19-26,29-30H,3-18,27-28H2,1-2H3. The van der Waals surface area contributed by atoms with Gasteiger partial charge in [-0.2, -0.15) is 0 Å². The van der Waals surface area contributed by atoms with E-state index in [0.717, 1.165) is 42.8 Å². The van der Waals surface area contributed by atoms with Crippen LogP contribution < -0.4 is 14.2 Å². The summed E-state index contributed by atoms with van der Waals surface area (Å²) >= 11 is 0. The van der Waals surface area contributed by atoms with Crippen molar-refractivity contribution in [3.8, 4) is 17.2 Å². The molecule has 1 aliphatic rings. The summed E-state index contributed by atoms with van der Waals surface area (Å²) in [5.74, 6) is 3.61. The Morgan fingerprint density at radius 3 is 1.67 bits per heavy atom. The molecule has 0 atom stereocenters. The van der Waals surface area contributed by atoms with Crippen molar-refractivity contribution >= 4 is 5.97 Å². The minimum atomic E-state index is -0.369. The van der Waals surface area contributed by atoms with Gasteiger partial charge in [-0.1, -0.05) is 97.3 Å². The number of hydrogen-bond acceptors (Lipinski definition) is 4. The SMILES string of the molecule is CCCCCCCCOc1ccc(C(=O)Oc2ccc(OCCCC3CCC(CCCCC)CC3)cc2)cc1. The van der Waals surface area contributed by atoms with E-state index >= 15 is 0 Å². The van der Waals surface area contributed by atoms with Gasteiger partial charge < -0.3 is 14.2 Å². The minimum Gasteiger partial charge on any atom is -0.494 e. The van der Waals surface area contributed by atoms with E-state index in [2.05, 4.69) is 13.8 Å². The third-order valence-corrected chi connectivity index (χ3v) is 8.10. The van der Waals surface area contributed by atoms with Gasteiger partial charge in [0.2, 0.25) is 0 Å². The van der Waals surface area contributed by atoms with Crippen LogP contribution in [0.4, 0.5) is 0 Å². The third kappa shape index (κ3) is 12.5. The maximum absolute atomic E-state index is 12.5. The van der Waals surface area contributed by atoms with E-state index in [-0.39, 0.29) is 5.97 Å². The predicted molar refractivity (Wildman–Crippen MR) is 161 cm³/mol. The molecule has 0 unspecified atom stereocenters. The number of rotatable bonds is 19. The van der Waals surface area contributed by atoms with E-state index in [0.29, 0.717) is 17.9 Å². The van der Waals surface area contributed by atoms with Crippen molar-refractivity contribution in [1.82, 2.24) is 0 Å². The molecule has 0 bridgehead atoms. The van der Waals surface area contributed by atoms with Crippen LogP contribution in [0.1, 0.15) is 127 Å². The van der Waals surface area contributed by atoms with Crippen LogP contribution >= 0.6 is 0 Å². The lowest BCUT2D eigenvalue weighted by atomic mass is 9.78. The highest BCUT2D eigenvalue weighted by Crippen LogP contribution is 2.34. The van der Waals surface area contributed by atoms with E-state index in [1.54, 1.807) is 24.3 Å². The molecule has 39 heavy (non-hydrogen) atoms. The second-order valence-electron chi connectivity index (χ2n) is 11.4. The van der Waals surface area contributed by atoms with Crippen LogP contribution in [-0.2, 0) is 0 Å². The molecule has 0 spiro atoms. The highest BCUT2D eigenvalue weighted by Gasteiger charge is 2.20. The van der Waals surface area contributed by atoms with Crippen LogP contribution in [0, 0.1) is 11.8 Å². The van der Waals surface area contributed by atoms with Gasteiger partial charge in [0.1, 0.15) is 17.2 Å². The van der Waals surface area contributed by atoms with Crippen LogP contribution in [0.15, 0.2) is 48.5 Å². The molecule has 0 heterocycles. The van der Waals surface area contributed by atoms with Gasteiger partial charge in [-0.3, -0.25) is 0 Å². The van der Waals surface area contributed by atoms with Crippen molar-refractivity contribution < 1.29 is 19.0 Å². The van der Waals surface area contributed by atoms with E-state index in [1.165, 1.54) is 89.9 Å². The summed E-state index contributed by atoms with van der Waals surface area (Å²) < 4.78 is 17.3. The summed E-state index contributed by atoms with van der Waals surface area (Å²) in [6.07, 6.45) is 21.0. The van der Waals surface area contributed by atoms with Crippen LogP contribution in [0.2, 0.25) is 0 Å². The van der Waals surface area contributed by atoms with Gasteiger partial charge in [0.15, 0.2) is 0 Å². The number of carbonyl (C=O) groups is 1. The van der Waals surface area contributed by atoms with Gasteiger partial charge in [0, 0.05) is 0 Å². The highest BCUT2D eigenvalue weighted by molar-refractivity contribution is 5.91. The maximum atomic E-state index is 12.5. The molecule has 1 fully saturated rings. The van der Waals surface area contributed by atoms with Crippen LogP contribution in [0.3, 0.4) is 0 Å². The molecule has 4 heteroatoms. The molecular formula is C35H52O4. The summed E-state index contributed by atoms with van der Waals surface area (Å²) in [6.45, 7) is 5.97. The Kier molecular flexibility index (Phi) is 14.9. The Bertz CT molecular complexity index is 897. The van der Waals surface area contributed by atoms with Gasteiger partial charge in [-0.25, -0.2) is 4.79 Å². The Hall–Kier alpha value is -2.49. The molecule has 0 aliphatic heterocycles. The van der Waals surface area contributed by atoms with Crippen molar-refractivity contribution in [2.75, 3.05) is 13.2 Å². The summed E-state index contributed by atoms with van der Waals surface area (Å²) in [4.78, 5) is 12.5. The van der Waals surface area contributed by atoms with Crippen molar-refractivity contribution in [3.63, 3.8) is 0 Å². The first-order valence-corrected chi connectivity index (χ1v) is 15.9. The Labute approximate surface area is 237 Å². The van der Waals surface area contributed by atoms with Crippen LogP contribution in [0.25, 0.3) is 0 Å². The van der Waals surface area contributed by atoms with Gasteiger partial charge in [0.25, 0.3) is 0 Å². The topological polar surface area (TPSA) is 44.8 Å². The van der Waals surface area contributed by atoms with Crippen molar-refractivity contribution in [2.24, 2.45) is 11.8 Å². The predicted octanol–water partition coefficient (Wildman–Crippen LogP) is 10.2. The Balaban J connectivity index is 1.28. The van der Waals surface area contributed by atoms with Gasteiger partial charge in [0.05, 0.1) is 18.8 Å². The largest absolute Gasteiger partial charge is 0.494 e. The Morgan fingerprint density at radius 1 is 0.590 bits per heavy atom. The average molecular weight is 537 g/mol. The van der Waals surface area contributed by atoms with Crippen molar-refractivity contribution in [2.45, 2.75) is 117 Å².